The number of hydrogen-bond donors (Lipinski definition) is 2. The van der Waals surface area contributed by atoms with Gasteiger partial charge >= 0.3 is 19.8 Å². The van der Waals surface area contributed by atoms with E-state index in [0.717, 1.165) is 19.3 Å². The number of carbonyl (C=O) groups excluding carboxylic acids is 2. The normalized spacial score (nSPS) is 14.3. The van der Waals surface area contributed by atoms with Crippen LogP contribution in [0.5, 0.6) is 0 Å². The van der Waals surface area contributed by atoms with Crippen molar-refractivity contribution in [1.82, 2.24) is 0 Å². The van der Waals surface area contributed by atoms with Crippen molar-refractivity contribution in [2.45, 2.75) is 77.7 Å². The van der Waals surface area contributed by atoms with Gasteiger partial charge in [-0.1, -0.05) is 52.4 Å². The Labute approximate surface area is 167 Å². The number of hydrogen-bond acceptors (Lipinski definition) is 8. The van der Waals surface area contributed by atoms with E-state index in [2.05, 4.69) is 11.4 Å². The van der Waals surface area contributed by atoms with Gasteiger partial charge in [-0.15, -0.1) is 0 Å². The maximum atomic E-state index is 12.0. The Morgan fingerprint density at radius 1 is 0.964 bits per heavy atom. The van der Waals surface area contributed by atoms with Crippen molar-refractivity contribution >= 4 is 19.8 Å². The summed E-state index contributed by atoms with van der Waals surface area (Å²) in [4.78, 5) is 32.8. The van der Waals surface area contributed by atoms with Gasteiger partial charge in [0.15, 0.2) is 6.10 Å². The summed E-state index contributed by atoms with van der Waals surface area (Å²) in [5.41, 5.74) is 5.21. The predicted molar refractivity (Wildman–Crippen MR) is 105 cm³/mol. The fraction of sp³-hybridized carbons (Fsp3) is 0.889. The van der Waals surface area contributed by atoms with E-state index < -0.39 is 32.5 Å². The summed E-state index contributed by atoms with van der Waals surface area (Å²) in [6, 6.07) is 0. The number of unbranched alkanes of at least 4 members (excludes halogenated alkanes) is 6. The largest absolute Gasteiger partial charge is 0.472 e. The molecule has 0 fully saturated rings. The van der Waals surface area contributed by atoms with Crippen LogP contribution < -0.4 is 5.73 Å². The molecule has 0 heterocycles. The lowest BCUT2D eigenvalue weighted by Crippen LogP contribution is -2.29. The van der Waals surface area contributed by atoms with Gasteiger partial charge < -0.3 is 20.1 Å². The standard InChI is InChI=1S/C18H36NO8P/c1-3-5-6-7-8-9-10-11-18(21)27-16(14-24-17(20)4-2)15-26-28(22,23)25-13-12-19/h16H,3-15,19H2,1-2H3,(H,22,23)/t16-/m1/s1. The quantitative estimate of drug-likeness (QED) is 0.193. The van der Waals surface area contributed by atoms with Crippen LogP contribution in [0.2, 0.25) is 0 Å². The highest BCUT2D eigenvalue weighted by Crippen LogP contribution is 2.43. The minimum Gasteiger partial charge on any atom is -0.462 e. The summed E-state index contributed by atoms with van der Waals surface area (Å²) in [6.45, 7) is 3.00. The minimum absolute atomic E-state index is 0.0544. The van der Waals surface area contributed by atoms with Gasteiger partial charge in [0.05, 0.1) is 13.2 Å². The number of rotatable bonds is 18. The summed E-state index contributed by atoms with van der Waals surface area (Å²) in [6.07, 6.45) is 6.88. The molecule has 9 nitrogen and oxygen atoms in total. The molecular formula is C18H36NO8P. The first-order chi connectivity index (χ1) is 13.3. The van der Waals surface area contributed by atoms with Gasteiger partial charge in [0.2, 0.25) is 0 Å². The molecule has 10 heteroatoms. The SMILES string of the molecule is CCCCCCCCCC(=O)O[C@H](COC(=O)CC)COP(=O)(O)OCCN. The van der Waals surface area contributed by atoms with E-state index in [1.54, 1.807) is 6.92 Å². The summed E-state index contributed by atoms with van der Waals surface area (Å²) in [7, 11) is -4.31. The summed E-state index contributed by atoms with van der Waals surface area (Å²) in [5, 5.41) is 0. The molecule has 3 N–H and O–H groups in total. The number of esters is 2. The van der Waals surface area contributed by atoms with Gasteiger partial charge in [0, 0.05) is 19.4 Å². The summed E-state index contributed by atoms with van der Waals surface area (Å²) in [5.74, 6) is -0.940. The van der Waals surface area contributed by atoms with Crippen LogP contribution in [0.4, 0.5) is 0 Å². The van der Waals surface area contributed by atoms with Crippen LogP contribution in [0.25, 0.3) is 0 Å². The van der Waals surface area contributed by atoms with Crippen LogP contribution in [0.1, 0.15) is 71.6 Å². The Kier molecular flexibility index (Phi) is 16.3. The van der Waals surface area contributed by atoms with Crippen molar-refractivity contribution in [3.8, 4) is 0 Å². The fourth-order valence-electron chi connectivity index (χ4n) is 2.26. The highest BCUT2D eigenvalue weighted by molar-refractivity contribution is 7.47. The number of nitrogens with two attached hydrogens (primary N) is 1. The van der Waals surface area contributed by atoms with E-state index in [1.165, 1.54) is 19.3 Å². The Balaban J connectivity index is 4.33. The first-order valence-corrected chi connectivity index (χ1v) is 11.5. The maximum Gasteiger partial charge on any atom is 0.472 e. The second kappa shape index (κ2) is 16.9. The van der Waals surface area contributed by atoms with E-state index >= 15 is 0 Å². The molecule has 0 aromatic heterocycles. The molecule has 0 amide bonds. The third-order valence-corrected chi connectivity index (χ3v) is 4.78. The molecule has 0 radical (unpaired) electrons. The first-order valence-electron chi connectivity index (χ1n) is 10.0. The lowest BCUT2D eigenvalue weighted by Gasteiger charge is -2.19. The molecule has 28 heavy (non-hydrogen) atoms. The number of phosphoric ester groups is 1. The second-order valence-corrected chi connectivity index (χ2v) is 7.86. The molecule has 0 aliphatic carbocycles. The monoisotopic (exact) mass is 425 g/mol. The van der Waals surface area contributed by atoms with Gasteiger partial charge in [-0.25, -0.2) is 4.57 Å². The molecule has 166 valence electrons. The highest BCUT2D eigenvalue weighted by Gasteiger charge is 2.25. The average Bonchev–Trinajstić information content (AvgIpc) is 2.67. The molecule has 0 aliphatic heterocycles. The maximum absolute atomic E-state index is 12.0. The Bertz CT molecular complexity index is 475. The highest BCUT2D eigenvalue weighted by atomic mass is 31.2. The predicted octanol–water partition coefficient (Wildman–Crippen LogP) is 3.08. The first kappa shape index (κ1) is 27.0. The number of ether oxygens (including phenoxy) is 2. The summed E-state index contributed by atoms with van der Waals surface area (Å²) < 4.78 is 31.3. The van der Waals surface area contributed by atoms with E-state index in [9.17, 15) is 19.0 Å². The molecular weight excluding hydrogens is 389 g/mol. The third kappa shape index (κ3) is 16.0. The van der Waals surface area contributed by atoms with Gasteiger partial charge in [-0.3, -0.25) is 18.6 Å². The molecule has 0 bridgehead atoms. The molecule has 0 rings (SSSR count). The zero-order valence-electron chi connectivity index (χ0n) is 17.1. The zero-order valence-corrected chi connectivity index (χ0v) is 18.0. The number of phosphoric acid groups is 1. The third-order valence-electron chi connectivity index (χ3n) is 3.80. The Morgan fingerprint density at radius 3 is 2.21 bits per heavy atom. The molecule has 0 saturated heterocycles. The van der Waals surface area contributed by atoms with Crippen LogP contribution in [-0.4, -0.2) is 49.3 Å². The van der Waals surface area contributed by atoms with Crippen LogP contribution in [0.3, 0.4) is 0 Å². The minimum atomic E-state index is -4.31. The lowest BCUT2D eigenvalue weighted by molar-refractivity contribution is -0.161. The van der Waals surface area contributed by atoms with Crippen LogP contribution in [0, 0.1) is 0 Å². The van der Waals surface area contributed by atoms with Crippen molar-refractivity contribution in [3.63, 3.8) is 0 Å². The van der Waals surface area contributed by atoms with Gasteiger partial charge in [-0.2, -0.15) is 0 Å². The fourth-order valence-corrected chi connectivity index (χ4v) is 3.02. The van der Waals surface area contributed by atoms with Crippen LogP contribution in [-0.2, 0) is 32.7 Å². The van der Waals surface area contributed by atoms with Crippen molar-refractivity contribution in [2.24, 2.45) is 5.73 Å². The van der Waals surface area contributed by atoms with E-state index in [4.69, 9.17) is 19.7 Å². The molecule has 0 aromatic carbocycles. The molecule has 1 unspecified atom stereocenters. The van der Waals surface area contributed by atoms with Crippen LogP contribution >= 0.6 is 7.82 Å². The number of carbonyl (C=O) groups is 2. The van der Waals surface area contributed by atoms with E-state index in [0.29, 0.717) is 6.42 Å². The van der Waals surface area contributed by atoms with Gasteiger partial charge in [0.1, 0.15) is 6.61 Å². The molecule has 0 aliphatic rings. The smallest absolute Gasteiger partial charge is 0.462 e. The second-order valence-electron chi connectivity index (χ2n) is 6.41. The molecule has 2 atom stereocenters. The Hall–Kier alpha value is -0.990. The average molecular weight is 425 g/mol. The van der Waals surface area contributed by atoms with Gasteiger partial charge in [-0.05, 0) is 6.42 Å². The topological polar surface area (TPSA) is 134 Å². The van der Waals surface area contributed by atoms with Gasteiger partial charge in [0.25, 0.3) is 0 Å². The van der Waals surface area contributed by atoms with E-state index in [1.807, 2.05) is 0 Å². The van der Waals surface area contributed by atoms with E-state index in [-0.39, 0.29) is 32.6 Å². The van der Waals surface area contributed by atoms with Crippen LogP contribution in [0.15, 0.2) is 0 Å². The van der Waals surface area contributed by atoms with Crippen molar-refractivity contribution < 1.29 is 37.6 Å². The molecule has 0 saturated carbocycles. The van der Waals surface area contributed by atoms with Crippen molar-refractivity contribution in [3.05, 3.63) is 0 Å². The lowest BCUT2D eigenvalue weighted by atomic mass is 10.1. The zero-order chi connectivity index (χ0) is 21.3. The molecule has 0 aromatic rings. The summed E-state index contributed by atoms with van der Waals surface area (Å²) >= 11 is 0. The van der Waals surface area contributed by atoms with Crippen molar-refractivity contribution in [2.75, 3.05) is 26.4 Å². The Morgan fingerprint density at radius 2 is 1.61 bits per heavy atom. The molecule has 0 spiro atoms. The van der Waals surface area contributed by atoms with Crippen molar-refractivity contribution in [1.29, 1.82) is 0 Å².